The molecule has 0 rings (SSSR count). The first kappa shape index (κ1) is 13.0. The molecule has 5 heteroatoms. The van der Waals surface area contributed by atoms with Crippen LogP contribution in [-0.2, 0) is 9.59 Å². The van der Waals surface area contributed by atoms with Crippen molar-refractivity contribution < 1.29 is 9.59 Å². The van der Waals surface area contributed by atoms with E-state index in [9.17, 15) is 9.59 Å². The lowest BCUT2D eigenvalue weighted by atomic mass is 10.3. The van der Waals surface area contributed by atoms with E-state index in [1.54, 1.807) is 0 Å². The van der Waals surface area contributed by atoms with Crippen molar-refractivity contribution >= 4 is 34.1 Å². The van der Waals surface area contributed by atoms with Gasteiger partial charge in [-0.1, -0.05) is 27.7 Å². The predicted octanol–water partition coefficient (Wildman–Crippen LogP) is 2.24. The van der Waals surface area contributed by atoms with Crippen LogP contribution in [0.5, 0.6) is 0 Å². The fourth-order valence-electron chi connectivity index (χ4n) is 0.339. The van der Waals surface area contributed by atoms with Crippen molar-refractivity contribution in [3.8, 4) is 0 Å². The lowest BCUT2D eigenvalue weighted by molar-refractivity contribution is -0.114. The van der Waals surface area contributed by atoms with Crippen LogP contribution in [0.15, 0.2) is 0 Å². The van der Waals surface area contributed by atoms with Gasteiger partial charge < -0.3 is 0 Å². The van der Waals surface area contributed by atoms with Gasteiger partial charge in [0.1, 0.15) is 0 Å². The second-order valence-corrected chi connectivity index (χ2v) is 5.11. The van der Waals surface area contributed by atoms with Gasteiger partial charge in [0.25, 0.3) is 0 Å². The number of rotatable bonds is 4. The normalized spacial score (nSPS) is 10.9. The Hall–Kier alpha value is -0.0000000000000000555. The number of carbonyl (C=O) groups is 2. The van der Waals surface area contributed by atoms with Gasteiger partial charge in [-0.15, -0.1) is 0 Å². The molecule has 3 nitrogen and oxygen atoms in total. The van der Waals surface area contributed by atoms with Gasteiger partial charge >= 0.3 is 0 Å². The summed E-state index contributed by atoms with van der Waals surface area (Å²) < 4.78 is 2.68. The Balaban J connectivity index is 3.57. The zero-order valence-electron chi connectivity index (χ0n) is 8.29. The second-order valence-electron chi connectivity index (χ2n) is 3.23. The van der Waals surface area contributed by atoms with Crippen LogP contribution in [0.3, 0.4) is 0 Å². The summed E-state index contributed by atoms with van der Waals surface area (Å²) in [6.45, 7) is 7.30. The van der Waals surface area contributed by atoms with Gasteiger partial charge in [-0.3, -0.25) is 9.59 Å². The van der Waals surface area contributed by atoms with Crippen LogP contribution in [0.1, 0.15) is 27.7 Å². The van der Waals surface area contributed by atoms with E-state index in [1.807, 2.05) is 27.7 Å². The Morgan fingerprint density at radius 2 is 1.23 bits per heavy atom. The van der Waals surface area contributed by atoms with Gasteiger partial charge in [-0.2, -0.15) is 4.13 Å². The van der Waals surface area contributed by atoms with Gasteiger partial charge in [0, 0.05) is 35.7 Å². The summed E-state index contributed by atoms with van der Waals surface area (Å²) in [7, 11) is 0. The van der Waals surface area contributed by atoms with E-state index in [2.05, 4.69) is 4.13 Å². The molecular weight excluding hydrogens is 206 g/mol. The molecule has 0 aromatic heterocycles. The van der Waals surface area contributed by atoms with E-state index in [0.29, 0.717) is 0 Å². The van der Waals surface area contributed by atoms with E-state index in [-0.39, 0.29) is 22.1 Å². The number of carbonyl (C=O) groups excluding carboxylic acids is 2. The van der Waals surface area contributed by atoms with Crippen LogP contribution < -0.4 is 4.13 Å². The Labute approximate surface area is 87.7 Å². The highest BCUT2D eigenvalue weighted by molar-refractivity contribution is 8.26. The Morgan fingerprint density at radius 3 is 1.46 bits per heavy atom. The Morgan fingerprint density at radius 1 is 0.923 bits per heavy atom. The number of hydrogen-bond acceptors (Lipinski definition) is 5. The highest BCUT2D eigenvalue weighted by Gasteiger charge is 2.11. The Kier molecular flexibility index (Phi) is 6.45. The molecule has 0 atom stereocenters. The largest absolute Gasteiger partial charge is 0.286 e. The van der Waals surface area contributed by atoms with Gasteiger partial charge in [0.2, 0.25) is 10.2 Å². The quantitative estimate of drug-likeness (QED) is 0.738. The van der Waals surface area contributed by atoms with Crippen molar-refractivity contribution in [2.75, 3.05) is 0 Å². The predicted molar refractivity (Wildman–Crippen MR) is 58.0 cm³/mol. The van der Waals surface area contributed by atoms with Crippen molar-refractivity contribution in [3.63, 3.8) is 0 Å². The summed E-state index contributed by atoms with van der Waals surface area (Å²) >= 11 is 1.97. The first-order chi connectivity index (χ1) is 5.95. The third-order valence-corrected chi connectivity index (χ3v) is 3.24. The number of hydrogen-bond donors (Lipinski definition) is 1. The topological polar surface area (TPSA) is 46.2 Å². The fraction of sp³-hybridized carbons (Fsp3) is 0.750. The van der Waals surface area contributed by atoms with Crippen LogP contribution in [0.4, 0.5) is 0 Å². The summed E-state index contributed by atoms with van der Waals surface area (Å²) in [6, 6.07) is 0. The monoisotopic (exact) mass is 221 g/mol. The summed E-state index contributed by atoms with van der Waals surface area (Å²) in [5.74, 6) is -0.0143. The first-order valence-corrected chi connectivity index (χ1v) is 5.74. The highest BCUT2D eigenvalue weighted by atomic mass is 32.2. The van der Waals surface area contributed by atoms with Crippen molar-refractivity contribution in [1.82, 2.24) is 4.13 Å². The molecule has 0 spiro atoms. The molecule has 13 heavy (non-hydrogen) atoms. The summed E-state index contributed by atoms with van der Waals surface area (Å²) in [4.78, 5) is 22.1. The highest BCUT2D eigenvalue weighted by Crippen LogP contribution is 2.13. The van der Waals surface area contributed by atoms with Gasteiger partial charge in [-0.25, -0.2) is 0 Å². The molecule has 0 aliphatic carbocycles. The molecule has 76 valence electrons. The van der Waals surface area contributed by atoms with E-state index in [0.717, 1.165) is 23.9 Å². The molecule has 0 heterocycles. The second kappa shape index (κ2) is 6.45. The van der Waals surface area contributed by atoms with Gasteiger partial charge in [0.05, 0.1) is 0 Å². The molecular formula is C8H15NO2S2. The maximum atomic E-state index is 11.1. The fourth-order valence-corrected chi connectivity index (χ4v) is 1.63. The van der Waals surface area contributed by atoms with E-state index < -0.39 is 0 Å². The smallest absolute Gasteiger partial charge is 0.207 e. The molecule has 0 aliphatic rings. The van der Waals surface area contributed by atoms with Crippen LogP contribution in [0, 0.1) is 11.8 Å². The molecule has 0 fully saturated rings. The van der Waals surface area contributed by atoms with Crippen LogP contribution in [0.25, 0.3) is 0 Å². The van der Waals surface area contributed by atoms with Crippen LogP contribution in [0.2, 0.25) is 0 Å². The van der Waals surface area contributed by atoms with Crippen molar-refractivity contribution in [2.45, 2.75) is 27.7 Å². The van der Waals surface area contributed by atoms with E-state index in [4.69, 9.17) is 0 Å². The third kappa shape index (κ3) is 6.12. The summed E-state index contributed by atoms with van der Waals surface area (Å²) in [5.41, 5.74) is 0. The van der Waals surface area contributed by atoms with Crippen molar-refractivity contribution in [2.24, 2.45) is 11.8 Å². The van der Waals surface area contributed by atoms with E-state index in [1.165, 1.54) is 0 Å². The summed E-state index contributed by atoms with van der Waals surface area (Å²) in [6.07, 6.45) is 0. The molecule has 0 saturated heterocycles. The lowest BCUT2D eigenvalue weighted by Gasteiger charge is -2.04. The molecule has 0 unspecified atom stereocenters. The summed E-state index contributed by atoms with van der Waals surface area (Å²) in [5, 5.41) is 0.0908. The molecule has 0 saturated carbocycles. The average molecular weight is 221 g/mol. The minimum Gasteiger partial charge on any atom is -0.286 e. The number of nitrogens with one attached hydrogen (secondary N) is 1. The standard InChI is InChI=1S/C8H15NO2S2/c1-5(2)7(10)12-9-13-8(11)6(3)4/h5-6,9H,1-4H3. The average Bonchev–Trinajstić information content (AvgIpc) is 2.03. The van der Waals surface area contributed by atoms with Crippen molar-refractivity contribution in [1.29, 1.82) is 0 Å². The minimum atomic E-state index is -0.00717. The maximum absolute atomic E-state index is 11.1. The molecule has 1 N–H and O–H groups in total. The van der Waals surface area contributed by atoms with Crippen LogP contribution >= 0.6 is 23.9 Å². The van der Waals surface area contributed by atoms with Gasteiger partial charge in [0.15, 0.2) is 0 Å². The lowest BCUT2D eigenvalue weighted by Crippen LogP contribution is -2.11. The SMILES string of the molecule is CC(C)C(=O)SNSC(=O)C(C)C. The zero-order chi connectivity index (χ0) is 10.4. The molecule has 0 aliphatic heterocycles. The van der Waals surface area contributed by atoms with E-state index >= 15 is 0 Å². The first-order valence-electron chi connectivity index (χ1n) is 4.11. The third-order valence-electron chi connectivity index (χ3n) is 1.23. The van der Waals surface area contributed by atoms with Crippen LogP contribution in [-0.4, -0.2) is 10.2 Å². The maximum Gasteiger partial charge on any atom is 0.207 e. The molecule has 0 amide bonds. The van der Waals surface area contributed by atoms with Crippen molar-refractivity contribution in [3.05, 3.63) is 0 Å². The zero-order valence-corrected chi connectivity index (χ0v) is 9.92. The molecule has 0 aromatic rings. The Bertz CT molecular complexity index is 173. The minimum absolute atomic E-state index is 0.00717. The molecule has 0 radical (unpaired) electrons. The van der Waals surface area contributed by atoms with Gasteiger partial charge in [-0.05, 0) is 0 Å². The molecule has 0 bridgehead atoms. The molecule has 0 aromatic carbocycles.